The Labute approximate surface area is 167 Å². The van der Waals surface area contributed by atoms with Crippen molar-refractivity contribution in [3.05, 3.63) is 34.2 Å². The number of hydrogen-bond acceptors (Lipinski definition) is 6. The molecule has 1 saturated heterocycles. The smallest absolute Gasteiger partial charge is 0.349 e. The molecule has 0 aromatic carbocycles. The van der Waals surface area contributed by atoms with Crippen LogP contribution in [0, 0.1) is 17.2 Å². The first-order chi connectivity index (χ1) is 13.6. The molecule has 1 unspecified atom stereocenters. The zero-order valence-electron chi connectivity index (χ0n) is 15.2. The van der Waals surface area contributed by atoms with E-state index in [9.17, 15) is 27.6 Å². The van der Waals surface area contributed by atoms with Gasteiger partial charge in [-0.15, -0.1) is 0 Å². The summed E-state index contributed by atoms with van der Waals surface area (Å²) in [5.41, 5.74) is -3.19. The Hall–Kier alpha value is -2.61. The summed E-state index contributed by atoms with van der Waals surface area (Å²) in [6.07, 6.45) is -3.59. The van der Waals surface area contributed by atoms with Gasteiger partial charge in [-0.05, 0) is 18.1 Å². The SMILES string of the molecule is CC1CSc2nc(-c3ccc(N4CC(F)(C(F)(F)F)C4)nc3)c(C#N)c(=O)n2C1. The van der Waals surface area contributed by atoms with Crippen LogP contribution in [0.4, 0.5) is 23.4 Å². The van der Waals surface area contributed by atoms with Gasteiger partial charge in [-0.25, -0.2) is 14.4 Å². The number of rotatable bonds is 2. The number of aromatic nitrogens is 3. The molecule has 0 radical (unpaired) electrons. The van der Waals surface area contributed by atoms with Crippen LogP contribution in [0.25, 0.3) is 11.3 Å². The molecule has 0 N–H and O–H groups in total. The molecular weight excluding hydrogens is 410 g/mol. The van der Waals surface area contributed by atoms with Crippen LogP contribution in [0.1, 0.15) is 12.5 Å². The molecule has 0 bridgehead atoms. The Morgan fingerprint density at radius 3 is 2.66 bits per heavy atom. The average Bonchev–Trinajstić information content (AvgIpc) is 2.65. The van der Waals surface area contributed by atoms with Crippen molar-refractivity contribution in [3.63, 3.8) is 0 Å². The highest BCUT2D eigenvalue weighted by Gasteiger charge is 2.63. The quantitative estimate of drug-likeness (QED) is 0.544. The summed E-state index contributed by atoms with van der Waals surface area (Å²) in [4.78, 5) is 22.4. The molecule has 11 heteroatoms. The molecule has 2 aromatic heterocycles. The van der Waals surface area contributed by atoms with E-state index in [2.05, 4.69) is 9.97 Å². The molecule has 152 valence electrons. The number of nitrogens with zero attached hydrogens (tertiary/aromatic N) is 5. The van der Waals surface area contributed by atoms with E-state index in [1.165, 1.54) is 39.6 Å². The van der Waals surface area contributed by atoms with Gasteiger partial charge in [0, 0.05) is 24.1 Å². The van der Waals surface area contributed by atoms with E-state index in [1.807, 2.05) is 13.0 Å². The van der Waals surface area contributed by atoms with Crippen molar-refractivity contribution >= 4 is 17.6 Å². The van der Waals surface area contributed by atoms with Crippen molar-refractivity contribution in [2.45, 2.75) is 30.5 Å². The fourth-order valence-electron chi connectivity index (χ4n) is 3.31. The zero-order chi connectivity index (χ0) is 21.0. The van der Waals surface area contributed by atoms with Crippen LogP contribution in [-0.4, -0.2) is 45.2 Å². The van der Waals surface area contributed by atoms with E-state index in [4.69, 9.17) is 0 Å². The number of anilines is 1. The Morgan fingerprint density at radius 1 is 1.34 bits per heavy atom. The van der Waals surface area contributed by atoms with Gasteiger partial charge in [0.2, 0.25) is 5.67 Å². The predicted octanol–water partition coefficient (Wildman–Crippen LogP) is 3.01. The minimum absolute atomic E-state index is 0.109. The zero-order valence-corrected chi connectivity index (χ0v) is 16.0. The monoisotopic (exact) mass is 425 g/mol. The number of alkyl halides is 4. The Balaban J connectivity index is 1.63. The molecule has 0 aliphatic carbocycles. The van der Waals surface area contributed by atoms with Crippen molar-refractivity contribution in [2.24, 2.45) is 5.92 Å². The molecule has 2 aliphatic heterocycles. The van der Waals surface area contributed by atoms with Crippen LogP contribution in [0.3, 0.4) is 0 Å². The van der Waals surface area contributed by atoms with Gasteiger partial charge in [-0.2, -0.15) is 18.4 Å². The van der Waals surface area contributed by atoms with Crippen molar-refractivity contribution in [3.8, 4) is 17.3 Å². The molecule has 29 heavy (non-hydrogen) atoms. The summed E-state index contributed by atoms with van der Waals surface area (Å²) in [6, 6.07) is 4.85. The largest absolute Gasteiger partial charge is 0.426 e. The standard InChI is InChI=1S/C18H15F4N5OS/c1-10-6-27-15(28)12(4-23)14(25-16(27)29-7-10)11-2-3-13(24-5-11)26-8-17(19,9-26)18(20,21)22/h2-3,5,10H,6-9H2,1H3. The summed E-state index contributed by atoms with van der Waals surface area (Å²) in [5.74, 6) is 1.26. The van der Waals surface area contributed by atoms with Gasteiger partial charge in [0.15, 0.2) is 5.16 Å². The van der Waals surface area contributed by atoms with Crippen LogP contribution in [0.15, 0.2) is 28.3 Å². The second-order valence-electron chi connectivity index (χ2n) is 7.29. The normalized spacial score (nSPS) is 20.6. The first-order valence-corrected chi connectivity index (χ1v) is 9.76. The first-order valence-electron chi connectivity index (χ1n) is 8.78. The lowest BCUT2D eigenvalue weighted by atomic mass is 9.95. The highest BCUT2D eigenvalue weighted by molar-refractivity contribution is 7.99. The topological polar surface area (TPSA) is 74.8 Å². The van der Waals surface area contributed by atoms with E-state index >= 15 is 0 Å². The summed E-state index contributed by atoms with van der Waals surface area (Å²) >= 11 is 1.43. The van der Waals surface area contributed by atoms with Crippen molar-refractivity contribution in [1.29, 1.82) is 5.26 Å². The maximum absolute atomic E-state index is 13.7. The molecule has 2 aliphatic rings. The van der Waals surface area contributed by atoms with Gasteiger partial charge in [-0.3, -0.25) is 9.36 Å². The third kappa shape index (κ3) is 3.25. The lowest BCUT2D eigenvalue weighted by Gasteiger charge is -2.45. The fourth-order valence-corrected chi connectivity index (χ4v) is 4.32. The van der Waals surface area contributed by atoms with Gasteiger partial charge in [-0.1, -0.05) is 18.7 Å². The third-order valence-electron chi connectivity index (χ3n) is 4.97. The highest BCUT2D eigenvalue weighted by atomic mass is 32.2. The predicted molar refractivity (Wildman–Crippen MR) is 98.4 cm³/mol. The van der Waals surface area contributed by atoms with Crippen LogP contribution in [-0.2, 0) is 6.54 Å². The second kappa shape index (κ2) is 6.73. The number of nitriles is 1. The average molecular weight is 425 g/mol. The van der Waals surface area contributed by atoms with E-state index in [0.717, 1.165) is 5.75 Å². The number of fused-ring (bicyclic) bond motifs is 1. The fraction of sp³-hybridized carbons (Fsp3) is 0.444. The lowest BCUT2D eigenvalue weighted by molar-refractivity contribution is -0.237. The van der Waals surface area contributed by atoms with Gasteiger partial charge < -0.3 is 4.90 Å². The first kappa shape index (κ1) is 19.7. The molecule has 0 amide bonds. The summed E-state index contributed by atoms with van der Waals surface area (Å²) < 4.78 is 53.2. The van der Waals surface area contributed by atoms with Crippen molar-refractivity contribution in [1.82, 2.24) is 14.5 Å². The molecule has 4 rings (SSSR count). The van der Waals surface area contributed by atoms with E-state index in [1.54, 1.807) is 0 Å². The molecule has 1 fully saturated rings. The minimum Gasteiger partial charge on any atom is -0.349 e. The second-order valence-corrected chi connectivity index (χ2v) is 8.27. The number of hydrogen-bond donors (Lipinski definition) is 0. The van der Waals surface area contributed by atoms with Crippen molar-refractivity contribution < 1.29 is 17.6 Å². The van der Waals surface area contributed by atoms with E-state index in [0.29, 0.717) is 17.3 Å². The van der Waals surface area contributed by atoms with Gasteiger partial charge in [0.25, 0.3) is 5.56 Å². The minimum atomic E-state index is -4.92. The maximum atomic E-state index is 13.7. The molecule has 4 heterocycles. The molecule has 1 atom stereocenters. The van der Waals surface area contributed by atoms with Crippen LogP contribution in [0.5, 0.6) is 0 Å². The summed E-state index contributed by atoms with van der Waals surface area (Å²) in [6.45, 7) is 0.851. The van der Waals surface area contributed by atoms with E-state index in [-0.39, 0.29) is 23.0 Å². The highest BCUT2D eigenvalue weighted by Crippen LogP contribution is 2.42. The number of thioether (sulfide) groups is 1. The molecule has 0 spiro atoms. The molecular formula is C18H15F4N5OS. The van der Waals surface area contributed by atoms with Gasteiger partial charge in [0.05, 0.1) is 18.8 Å². The lowest BCUT2D eigenvalue weighted by Crippen LogP contribution is -2.66. The van der Waals surface area contributed by atoms with Gasteiger partial charge >= 0.3 is 6.18 Å². The third-order valence-corrected chi connectivity index (χ3v) is 6.28. The van der Waals surface area contributed by atoms with Gasteiger partial charge in [0.1, 0.15) is 17.5 Å². The Bertz CT molecular complexity index is 1050. The van der Waals surface area contributed by atoms with E-state index < -0.39 is 30.5 Å². The Morgan fingerprint density at radius 2 is 2.07 bits per heavy atom. The van der Waals surface area contributed by atoms with Crippen molar-refractivity contribution in [2.75, 3.05) is 23.7 Å². The number of halogens is 4. The van der Waals surface area contributed by atoms with Crippen LogP contribution >= 0.6 is 11.8 Å². The molecule has 6 nitrogen and oxygen atoms in total. The maximum Gasteiger partial charge on any atom is 0.426 e. The Kier molecular flexibility index (Phi) is 4.57. The number of pyridine rings is 1. The molecule has 2 aromatic rings. The van der Waals surface area contributed by atoms with Crippen LogP contribution in [0.2, 0.25) is 0 Å². The van der Waals surface area contributed by atoms with Crippen LogP contribution < -0.4 is 10.5 Å². The summed E-state index contributed by atoms with van der Waals surface area (Å²) in [5, 5.41) is 9.98. The molecule has 0 saturated carbocycles. The summed E-state index contributed by atoms with van der Waals surface area (Å²) in [7, 11) is 0.